The van der Waals surface area contributed by atoms with Gasteiger partial charge < -0.3 is 14.7 Å². The molecule has 1 heterocycles. The fourth-order valence-corrected chi connectivity index (χ4v) is 3.15. The van der Waals surface area contributed by atoms with E-state index in [-0.39, 0.29) is 18.5 Å². The van der Waals surface area contributed by atoms with E-state index in [9.17, 15) is 14.3 Å². The summed E-state index contributed by atoms with van der Waals surface area (Å²) in [6, 6.07) is 15.2. The predicted octanol–water partition coefficient (Wildman–Crippen LogP) is 4.05. The molecule has 0 spiro atoms. The Morgan fingerprint density at radius 2 is 1.92 bits per heavy atom. The summed E-state index contributed by atoms with van der Waals surface area (Å²) < 4.78 is 18.7. The van der Waals surface area contributed by atoms with Crippen molar-refractivity contribution in [1.82, 2.24) is 4.90 Å². The molecule has 2 atom stereocenters. The third-order valence-electron chi connectivity index (χ3n) is 4.60. The fourth-order valence-electron chi connectivity index (χ4n) is 3.15. The minimum Gasteiger partial charge on any atom is -0.445 e. The molecule has 25 heavy (non-hydrogen) atoms. The van der Waals surface area contributed by atoms with E-state index in [0.717, 1.165) is 11.1 Å². The van der Waals surface area contributed by atoms with Crippen molar-refractivity contribution in [2.75, 3.05) is 6.54 Å². The first-order chi connectivity index (χ1) is 11.9. The van der Waals surface area contributed by atoms with E-state index in [4.69, 9.17) is 4.74 Å². The molecule has 3 rings (SSSR count). The number of carbonyl (C=O) groups is 1. The van der Waals surface area contributed by atoms with Gasteiger partial charge in [-0.05, 0) is 36.6 Å². The Morgan fingerprint density at radius 1 is 1.24 bits per heavy atom. The van der Waals surface area contributed by atoms with Crippen molar-refractivity contribution >= 4 is 6.09 Å². The molecule has 1 amide bonds. The third-order valence-corrected chi connectivity index (χ3v) is 4.60. The molecular formula is C20H22FNO3. The molecule has 0 bridgehead atoms. The summed E-state index contributed by atoms with van der Waals surface area (Å²) in [5.74, 6) is -0.329. The molecule has 0 aromatic heterocycles. The molecule has 1 aliphatic rings. The lowest BCUT2D eigenvalue weighted by atomic mass is 9.85. The Hall–Kier alpha value is -2.40. The van der Waals surface area contributed by atoms with Gasteiger partial charge in [0.1, 0.15) is 12.4 Å². The van der Waals surface area contributed by atoms with Crippen molar-refractivity contribution in [3.05, 3.63) is 71.5 Å². The van der Waals surface area contributed by atoms with Crippen molar-refractivity contribution in [3.8, 4) is 0 Å². The highest BCUT2D eigenvalue weighted by atomic mass is 19.1. The highest BCUT2D eigenvalue weighted by Gasteiger charge is 2.38. The van der Waals surface area contributed by atoms with Crippen molar-refractivity contribution in [2.24, 2.45) is 0 Å². The van der Waals surface area contributed by atoms with Gasteiger partial charge in [-0.2, -0.15) is 0 Å². The zero-order valence-electron chi connectivity index (χ0n) is 14.2. The van der Waals surface area contributed by atoms with Gasteiger partial charge in [-0.25, -0.2) is 9.18 Å². The Morgan fingerprint density at radius 3 is 2.60 bits per heavy atom. The van der Waals surface area contributed by atoms with E-state index in [1.807, 2.05) is 30.3 Å². The minimum atomic E-state index is -0.866. The first-order valence-electron chi connectivity index (χ1n) is 8.40. The van der Waals surface area contributed by atoms with Gasteiger partial charge in [0.2, 0.25) is 0 Å². The molecule has 4 nitrogen and oxygen atoms in total. The number of piperidine rings is 1. The fraction of sp³-hybridized carbons (Fsp3) is 0.350. The Labute approximate surface area is 146 Å². The summed E-state index contributed by atoms with van der Waals surface area (Å²) >= 11 is 0. The highest BCUT2D eigenvalue weighted by molar-refractivity contribution is 5.68. The van der Waals surface area contributed by atoms with Gasteiger partial charge in [0.25, 0.3) is 0 Å². The van der Waals surface area contributed by atoms with Gasteiger partial charge in [0.05, 0.1) is 11.6 Å². The van der Waals surface area contributed by atoms with Crippen LogP contribution in [-0.4, -0.2) is 28.2 Å². The lowest BCUT2D eigenvalue weighted by molar-refractivity contribution is -0.0330. The second-order valence-electron chi connectivity index (χ2n) is 6.75. The molecule has 132 valence electrons. The SMILES string of the molecule is C[C@]1(O)CCN(C(=O)OCc2ccccc2)[C@H](c2ccc(F)cc2)C1. The van der Waals surface area contributed by atoms with Gasteiger partial charge in [0, 0.05) is 13.0 Å². The normalized spacial score (nSPS) is 23.3. The van der Waals surface area contributed by atoms with Gasteiger partial charge in [-0.3, -0.25) is 0 Å². The number of likely N-dealkylation sites (tertiary alicyclic amines) is 1. The molecule has 1 aliphatic heterocycles. The molecular weight excluding hydrogens is 321 g/mol. The van der Waals surface area contributed by atoms with Crippen LogP contribution in [0.5, 0.6) is 0 Å². The van der Waals surface area contributed by atoms with Crippen LogP contribution in [0, 0.1) is 5.82 Å². The molecule has 2 aromatic carbocycles. The number of amides is 1. The van der Waals surface area contributed by atoms with Crippen molar-refractivity contribution < 1.29 is 19.0 Å². The molecule has 0 unspecified atom stereocenters. The van der Waals surface area contributed by atoms with E-state index >= 15 is 0 Å². The Bertz CT molecular complexity index is 715. The Kier molecular flexibility index (Phi) is 5.04. The molecule has 0 aliphatic carbocycles. The van der Waals surface area contributed by atoms with E-state index in [1.54, 1.807) is 24.0 Å². The summed E-state index contributed by atoms with van der Waals surface area (Å²) in [4.78, 5) is 14.2. The van der Waals surface area contributed by atoms with Crippen molar-refractivity contribution in [3.63, 3.8) is 0 Å². The quantitative estimate of drug-likeness (QED) is 0.915. The maximum absolute atomic E-state index is 13.2. The number of nitrogens with zero attached hydrogens (tertiary/aromatic N) is 1. The number of carbonyl (C=O) groups excluding carboxylic acids is 1. The number of hydrogen-bond acceptors (Lipinski definition) is 3. The molecule has 0 saturated carbocycles. The van der Waals surface area contributed by atoms with Crippen LogP contribution in [0.4, 0.5) is 9.18 Å². The number of aliphatic hydroxyl groups is 1. The lowest BCUT2D eigenvalue weighted by Gasteiger charge is -2.42. The standard InChI is InChI=1S/C20H22FNO3/c1-20(24)11-12-22(18(13-20)16-7-9-17(21)10-8-16)19(23)25-14-15-5-3-2-4-6-15/h2-10,18,24H,11-14H2,1H3/t18-,20-/m0/s1. The summed E-state index contributed by atoms with van der Waals surface area (Å²) in [5, 5.41) is 10.4. The summed E-state index contributed by atoms with van der Waals surface area (Å²) in [5.41, 5.74) is 0.839. The first-order valence-corrected chi connectivity index (χ1v) is 8.40. The van der Waals surface area contributed by atoms with Gasteiger partial charge in [-0.1, -0.05) is 42.5 Å². The van der Waals surface area contributed by atoms with Gasteiger partial charge in [0.15, 0.2) is 0 Å². The highest BCUT2D eigenvalue weighted by Crippen LogP contribution is 2.36. The maximum atomic E-state index is 13.2. The number of hydrogen-bond donors (Lipinski definition) is 1. The zero-order chi connectivity index (χ0) is 17.9. The number of benzene rings is 2. The average Bonchev–Trinajstić information content (AvgIpc) is 2.60. The number of ether oxygens (including phenoxy) is 1. The number of rotatable bonds is 3. The van der Waals surface area contributed by atoms with Crippen LogP contribution < -0.4 is 0 Å². The van der Waals surface area contributed by atoms with E-state index < -0.39 is 11.7 Å². The van der Waals surface area contributed by atoms with Gasteiger partial charge >= 0.3 is 6.09 Å². The first kappa shape index (κ1) is 17.4. The monoisotopic (exact) mass is 343 g/mol. The van der Waals surface area contributed by atoms with E-state index in [1.165, 1.54) is 12.1 Å². The molecule has 5 heteroatoms. The van der Waals surface area contributed by atoms with Crippen LogP contribution >= 0.6 is 0 Å². The van der Waals surface area contributed by atoms with Crippen LogP contribution in [0.25, 0.3) is 0 Å². The molecule has 1 fully saturated rings. The Balaban J connectivity index is 1.74. The molecule has 1 saturated heterocycles. The molecule has 0 radical (unpaired) electrons. The predicted molar refractivity (Wildman–Crippen MR) is 92.3 cm³/mol. The lowest BCUT2D eigenvalue weighted by Crippen LogP contribution is -2.47. The summed E-state index contributed by atoms with van der Waals surface area (Å²) in [7, 11) is 0. The van der Waals surface area contributed by atoms with Crippen molar-refractivity contribution in [1.29, 1.82) is 0 Å². The summed E-state index contributed by atoms with van der Waals surface area (Å²) in [6.45, 7) is 2.35. The van der Waals surface area contributed by atoms with Crippen LogP contribution in [0.1, 0.15) is 36.9 Å². The summed E-state index contributed by atoms with van der Waals surface area (Å²) in [6.07, 6.45) is 0.443. The second kappa shape index (κ2) is 7.23. The second-order valence-corrected chi connectivity index (χ2v) is 6.75. The largest absolute Gasteiger partial charge is 0.445 e. The van der Waals surface area contributed by atoms with E-state index in [2.05, 4.69) is 0 Å². The zero-order valence-corrected chi connectivity index (χ0v) is 14.2. The van der Waals surface area contributed by atoms with E-state index in [0.29, 0.717) is 19.4 Å². The van der Waals surface area contributed by atoms with Gasteiger partial charge in [-0.15, -0.1) is 0 Å². The van der Waals surface area contributed by atoms with Crippen LogP contribution in [0.15, 0.2) is 54.6 Å². The van der Waals surface area contributed by atoms with Crippen LogP contribution in [-0.2, 0) is 11.3 Å². The smallest absolute Gasteiger partial charge is 0.410 e. The average molecular weight is 343 g/mol. The minimum absolute atomic E-state index is 0.197. The third kappa shape index (κ3) is 4.37. The maximum Gasteiger partial charge on any atom is 0.410 e. The topological polar surface area (TPSA) is 49.8 Å². The van der Waals surface area contributed by atoms with Crippen molar-refractivity contribution in [2.45, 2.75) is 38.0 Å². The number of halogens is 1. The molecule has 1 N–H and O–H groups in total. The van der Waals surface area contributed by atoms with Crippen LogP contribution in [0.3, 0.4) is 0 Å². The molecule has 2 aromatic rings. The van der Waals surface area contributed by atoms with Crippen LogP contribution in [0.2, 0.25) is 0 Å².